The van der Waals surface area contributed by atoms with Crippen LogP contribution >= 0.6 is 0 Å². The van der Waals surface area contributed by atoms with Gasteiger partial charge in [-0.25, -0.2) is 0 Å². The van der Waals surface area contributed by atoms with Crippen LogP contribution in [0.25, 0.3) is 0 Å². The Hall–Kier alpha value is -0.610. The van der Waals surface area contributed by atoms with E-state index in [0.717, 1.165) is 26.2 Å². The van der Waals surface area contributed by atoms with Gasteiger partial charge in [-0.05, 0) is 18.8 Å². The van der Waals surface area contributed by atoms with Crippen molar-refractivity contribution in [3.63, 3.8) is 0 Å². The minimum absolute atomic E-state index is 0.0704. The third kappa shape index (κ3) is 3.04. The van der Waals surface area contributed by atoms with Crippen LogP contribution in [0.4, 0.5) is 0 Å². The van der Waals surface area contributed by atoms with E-state index in [0.29, 0.717) is 18.4 Å². The summed E-state index contributed by atoms with van der Waals surface area (Å²) in [6.45, 7) is 8.51. The first-order valence-corrected chi connectivity index (χ1v) is 7.30. The second kappa shape index (κ2) is 5.57. The van der Waals surface area contributed by atoms with Crippen LogP contribution in [0.3, 0.4) is 0 Å². The van der Waals surface area contributed by atoms with Gasteiger partial charge in [0.25, 0.3) is 0 Å². The number of hydrogen-bond donors (Lipinski definition) is 1. The maximum atomic E-state index is 12.2. The first-order valence-electron chi connectivity index (χ1n) is 7.30. The molecule has 0 aromatic carbocycles. The van der Waals surface area contributed by atoms with Gasteiger partial charge >= 0.3 is 0 Å². The standard InChI is InChI=1S/C14H27N3O/c1-12(2)14(15)10-16(11-14)9-13(18)17-7-5-3-4-6-8-17/h12H,3-11,15H2,1-2H3. The third-order valence-electron chi connectivity index (χ3n) is 4.50. The predicted octanol–water partition coefficient (Wildman–Crippen LogP) is 1.06. The molecule has 4 heteroatoms. The highest BCUT2D eigenvalue weighted by Crippen LogP contribution is 2.25. The van der Waals surface area contributed by atoms with E-state index in [-0.39, 0.29) is 5.54 Å². The van der Waals surface area contributed by atoms with E-state index >= 15 is 0 Å². The lowest BCUT2D eigenvalue weighted by Gasteiger charge is -2.50. The van der Waals surface area contributed by atoms with Gasteiger partial charge in [0.1, 0.15) is 0 Å². The highest BCUT2D eigenvalue weighted by atomic mass is 16.2. The molecule has 18 heavy (non-hydrogen) atoms. The number of rotatable bonds is 3. The molecule has 0 aromatic rings. The Labute approximate surface area is 110 Å². The highest BCUT2D eigenvalue weighted by Gasteiger charge is 2.42. The molecular weight excluding hydrogens is 226 g/mol. The van der Waals surface area contributed by atoms with E-state index in [1.807, 2.05) is 4.90 Å². The highest BCUT2D eigenvalue weighted by molar-refractivity contribution is 5.78. The SMILES string of the molecule is CC(C)C1(N)CN(CC(=O)N2CCCCCC2)C1. The molecule has 1 amide bonds. The number of carbonyl (C=O) groups excluding carboxylic acids is 1. The van der Waals surface area contributed by atoms with Crippen LogP contribution in [0.2, 0.25) is 0 Å². The molecular formula is C14H27N3O. The quantitative estimate of drug-likeness (QED) is 0.818. The zero-order valence-corrected chi connectivity index (χ0v) is 11.8. The van der Waals surface area contributed by atoms with Crippen molar-refractivity contribution in [3.05, 3.63) is 0 Å². The van der Waals surface area contributed by atoms with Crippen molar-refractivity contribution in [2.45, 2.75) is 45.1 Å². The third-order valence-corrected chi connectivity index (χ3v) is 4.50. The lowest BCUT2D eigenvalue weighted by atomic mass is 9.80. The molecule has 4 nitrogen and oxygen atoms in total. The van der Waals surface area contributed by atoms with Gasteiger partial charge in [-0.15, -0.1) is 0 Å². The number of nitrogens with zero attached hydrogens (tertiary/aromatic N) is 2. The van der Waals surface area contributed by atoms with Crippen molar-refractivity contribution in [2.24, 2.45) is 11.7 Å². The molecule has 104 valence electrons. The summed E-state index contributed by atoms with van der Waals surface area (Å²) in [4.78, 5) is 16.4. The van der Waals surface area contributed by atoms with E-state index in [9.17, 15) is 4.79 Å². The van der Waals surface area contributed by atoms with Crippen molar-refractivity contribution in [2.75, 3.05) is 32.7 Å². The van der Waals surface area contributed by atoms with Crippen LogP contribution in [0.15, 0.2) is 0 Å². The summed E-state index contributed by atoms with van der Waals surface area (Å²) in [6, 6.07) is 0. The fourth-order valence-electron chi connectivity index (χ4n) is 2.87. The zero-order chi connectivity index (χ0) is 13.2. The van der Waals surface area contributed by atoms with E-state index in [4.69, 9.17) is 5.73 Å². The second-order valence-corrected chi connectivity index (χ2v) is 6.33. The van der Waals surface area contributed by atoms with Gasteiger partial charge in [-0.1, -0.05) is 26.7 Å². The molecule has 0 unspecified atom stereocenters. The number of hydrogen-bond acceptors (Lipinski definition) is 3. The molecule has 0 aliphatic carbocycles. The average Bonchev–Trinajstić information content (AvgIpc) is 2.54. The van der Waals surface area contributed by atoms with Crippen LogP contribution in [0.1, 0.15) is 39.5 Å². The summed E-state index contributed by atoms with van der Waals surface area (Å²) >= 11 is 0. The molecule has 0 saturated carbocycles. The van der Waals surface area contributed by atoms with Crippen LogP contribution in [0.5, 0.6) is 0 Å². The van der Waals surface area contributed by atoms with Gasteiger partial charge in [-0.2, -0.15) is 0 Å². The van der Waals surface area contributed by atoms with E-state index < -0.39 is 0 Å². The normalized spacial score (nSPS) is 24.8. The van der Waals surface area contributed by atoms with Crippen molar-refractivity contribution in [1.82, 2.24) is 9.80 Å². The van der Waals surface area contributed by atoms with Crippen molar-refractivity contribution in [3.8, 4) is 0 Å². The summed E-state index contributed by atoms with van der Waals surface area (Å²) in [6.07, 6.45) is 4.87. The summed E-state index contributed by atoms with van der Waals surface area (Å²) in [5.74, 6) is 0.782. The summed E-state index contributed by atoms with van der Waals surface area (Å²) in [5.41, 5.74) is 6.18. The van der Waals surface area contributed by atoms with Crippen molar-refractivity contribution >= 4 is 5.91 Å². The average molecular weight is 253 g/mol. The molecule has 2 rings (SSSR count). The van der Waals surface area contributed by atoms with Gasteiger partial charge in [0.15, 0.2) is 0 Å². The fourth-order valence-corrected chi connectivity index (χ4v) is 2.87. The smallest absolute Gasteiger partial charge is 0.236 e. The maximum Gasteiger partial charge on any atom is 0.236 e. The lowest BCUT2D eigenvalue weighted by Crippen LogP contribution is -2.70. The van der Waals surface area contributed by atoms with Crippen molar-refractivity contribution in [1.29, 1.82) is 0 Å². The van der Waals surface area contributed by atoms with E-state index in [1.165, 1.54) is 25.7 Å². The Morgan fingerprint density at radius 1 is 1.17 bits per heavy atom. The Morgan fingerprint density at radius 2 is 1.72 bits per heavy atom. The Bertz CT molecular complexity index is 289. The molecule has 2 fully saturated rings. The van der Waals surface area contributed by atoms with E-state index in [2.05, 4.69) is 18.7 Å². The van der Waals surface area contributed by atoms with Crippen LogP contribution < -0.4 is 5.73 Å². The predicted molar refractivity (Wildman–Crippen MR) is 73.2 cm³/mol. The van der Waals surface area contributed by atoms with Crippen LogP contribution in [-0.4, -0.2) is 54.0 Å². The van der Waals surface area contributed by atoms with Crippen LogP contribution in [0, 0.1) is 5.92 Å². The van der Waals surface area contributed by atoms with Gasteiger partial charge in [0.05, 0.1) is 6.54 Å². The van der Waals surface area contributed by atoms with Gasteiger partial charge in [0.2, 0.25) is 5.91 Å². The number of carbonyl (C=O) groups is 1. The Balaban J connectivity index is 1.75. The molecule has 0 bridgehead atoms. The number of nitrogens with two attached hydrogens (primary N) is 1. The molecule has 2 heterocycles. The van der Waals surface area contributed by atoms with Gasteiger partial charge in [-0.3, -0.25) is 9.69 Å². The molecule has 2 saturated heterocycles. The number of amides is 1. The first kappa shape index (κ1) is 13.8. The summed E-state index contributed by atoms with van der Waals surface area (Å²) in [5, 5.41) is 0. The topological polar surface area (TPSA) is 49.6 Å². The number of likely N-dealkylation sites (tertiary alicyclic amines) is 2. The van der Waals surface area contributed by atoms with Crippen LogP contribution in [-0.2, 0) is 4.79 Å². The molecule has 0 spiro atoms. The zero-order valence-electron chi connectivity index (χ0n) is 11.8. The second-order valence-electron chi connectivity index (χ2n) is 6.33. The van der Waals surface area contributed by atoms with Gasteiger partial charge < -0.3 is 10.6 Å². The fraction of sp³-hybridized carbons (Fsp3) is 0.929. The molecule has 0 aromatic heterocycles. The summed E-state index contributed by atoms with van der Waals surface area (Å²) < 4.78 is 0. The minimum atomic E-state index is -0.0704. The Morgan fingerprint density at radius 3 is 2.22 bits per heavy atom. The summed E-state index contributed by atoms with van der Waals surface area (Å²) in [7, 11) is 0. The molecule has 2 aliphatic heterocycles. The molecule has 2 aliphatic rings. The first-order chi connectivity index (χ1) is 8.51. The van der Waals surface area contributed by atoms with E-state index in [1.54, 1.807) is 0 Å². The minimum Gasteiger partial charge on any atom is -0.342 e. The molecule has 2 N–H and O–H groups in total. The molecule has 0 radical (unpaired) electrons. The van der Waals surface area contributed by atoms with Crippen molar-refractivity contribution < 1.29 is 4.79 Å². The monoisotopic (exact) mass is 253 g/mol. The maximum absolute atomic E-state index is 12.2. The largest absolute Gasteiger partial charge is 0.342 e. The van der Waals surface area contributed by atoms with Gasteiger partial charge in [0, 0.05) is 31.7 Å². The molecule has 0 atom stereocenters. The lowest BCUT2D eigenvalue weighted by molar-refractivity contribution is -0.134. The Kier molecular flexibility index (Phi) is 4.28.